The maximum Gasteiger partial charge on any atom is 0.236 e. The summed E-state index contributed by atoms with van der Waals surface area (Å²) in [6.07, 6.45) is 2.98. The summed E-state index contributed by atoms with van der Waals surface area (Å²) in [5.41, 5.74) is 8.17. The quantitative estimate of drug-likeness (QED) is 0.462. The van der Waals surface area contributed by atoms with Gasteiger partial charge in [-0.1, -0.05) is 42.5 Å². The van der Waals surface area contributed by atoms with E-state index >= 15 is 0 Å². The van der Waals surface area contributed by atoms with Crippen LogP contribution in [0.1, 0.15) is 21.5 Å². The van der Waals surface area contributed by atoms with E-state index in [-0.39, 0.29) is 17.4 Å². The zero-order valence-corrected chi connectivity index (χ0v) is 16.9. The second-order valence-corrected chi connectivity index (χ2v) is 8.59. The fraction of sp³-hybridized carbons (Fsp3) is 0.0952. The molecule has 0 spiro atoms. The molecule has 0 saturated heterocycles. The molecule has 0 amide bonds. The molecular formula is C21H19N5O3S. The fourth-order valence-electron chi connectivity index (χ4n) is 3.30. The third-order valence-electron chi connectivity index (χ3n) is 4.63. The number of anilines is 2. The second-order valence-electron chi connectivity index (χ2n) is 6.87. The number of aromatic nitrogens is 3. The number of fused-ring (bicyclic) bond motifs is 1. The fourth-order valence-corrected chi connectivity index (χ4v) is 4.49. The van der Waals surface area contributed by atoms with E-state index in [0.29, 0.717) is 33.4 Å². The first kappa shape index (κ1) is 19.6. The van der Waals surface area contributed by atoms with Crippen molar-refractivity contribution in [1.82, 2.24) is 14.5 Å². The highest BCUT2D eigenvalue weighted by molar-refractivity contribution is 7.91. The van der Waals surface area contributed by atoms with E-state index in [1.165, 1.54) is 12.4 Å². The van der Waals surface area contributed by atoms with Crippen LogP contribution in [0.5, 0.6) is 0 Å². The molecule has 0 radical (unpaired) electrons. The lowest BCUT2D eigenvalue weighted by Crippen LogP contribution is -2.15. The van der Waals surface area contributed by atoms with Crippen LogP contribution < -0.4 is 10.5 Å². The van der Waals surface area contributed by atoms with Crippen molar-refractivity contribution in [2.45, 2.75) is 5.75 Å². The van der Waals surface area contributed by atoms with Crippen LogP contribution in [0.25, 0.3) is 11.0 Å². The van der Waals surface area contributed by atoms with E-state index in [1.807, 2.05) is 6.07 Å². The Bertz CT molecular complexity index is 1350. The summed E-state index contributed by atoms with van der Waals surface area (Å²) in [6, 6.07) is 15.2. The van der Waals surface area contributed by atoms with Crippen molar-refractivity contribution in [2.75, 3.05) is 10.5 Å². The molecule has 3 N–H and O–H groups in total. The van der Waals surface area contributed by atoms with E-state index in [9.17, 15) is 13.2 Å². The number of nitrogens with zero attached hydrogens (tertiary/aromatic N) is 3. The van der Waals surface area contributed by atoms with Crippen LogP contribution in [0.4, 0.5) is 11.5 Å². The number of ketones is 1. The monoisotopic (exact) mass is 421 g/mol. The highest BCUT2D eigenvalue weighted by Gasteiger charge is 2.20. The zero-order chi connectivity index (χ0) is 21.3. The molecule has 4 aromatic rings. The minimum Gasteiger partial charge on any atom is -0.383 e. The Morgan fingerprint density at radius 3 is 2.63 bits per heavy atom. The molecule has 0 unspecified atom stereocenters. The minimum atomic E-state index is -3.64. The SMILES string of the molecule is Cn1cc(C(=O)c2cccc(NS(=O)(=O)Cc3ccccc3)c2)c2c(N)ncnc21. The zero-order valence-electron chi connectivity index (χ0n) is 16.1. The van der Waals surface area contributed by atoms with Crippen LogP contribution in [-0.4, -0.2) is 28.7 Å². The van der Waals surface area contributed by atoms with Crippen molar-refractivity contribution in [3.63, 3.8) is 0 Å². The summed E-state index contributed by atoms with van der Waals surface area (Å²) in [5, 5.41) is 0.472. The van der Waals surface area contributed by atoms with Gasteiger partial charge in [0.1, 0.15) is 17.8 Å². The van der Waals surface area contributed by atoms with Crippen LogP contribution in [-0.2, 0) is 22.8 Å². The molecule has 2 aromatic heterocycles. The summed E-state index contributed by atoms with van der Waals surface area (Å²) in [7, 11) is -1.87. The molecule has 2 heterocycles. The Balaban J connectivity index is 1.63. The first-order valence-electron chi connectivity index (χ1n) is 9.09. The minimum absolute atomic E-state index is 0.163. The van der Waals surface area contributed by atoms with Gasteiger partial charge in [-0.05, 0) is 17.7 Å². The van der Waals surface area contributed by atoms with Gasteiger partial charge in [0.25, 0.3) is 0 Å². The van der Waals surface area contributed by atoms with Crippen molar-refractivity contribution in [3.05, 3.63) is 83.8 Å². The lowest BCUT2D eigenvalue weighted by Gasteiger charge is -2.09. The van der Waals surface area contributed by atoms with Gasteiger partial charge < -0.3 is 10.3 Å². The smallest absolute Gasteiger partial charge is 0.236 e. The van der Waals surface area contributed by atoms with Crippen LogP contribution in [0, 0.1) is 0 Å². The highest BCUT2D eigenvalue weighted by atomic mass is 32.2. The summed E-state index contributed by atoms with van der Waals surface area (Å²) in [6.45, 7) is 0. The van der Waals surface area contributed by atoms with Gasteiger partial charge in [0, 0.05) is 24.5 Å². The Kier molecular flexibility index (Phi) is 4.96. The van der Waals surface area contributed by atoms with Gasteiger partial charge in [0.15, 0.2) is 5.78 Å². The van der Waals surface area contributed by atoms with Crippen LogP contribution >= 0.6 is 0 Å². The van der Waals surface area contributed by atoms with E-state index in [1.54, 1.807) is 60.3 Å². The predicted octanol–water partition coefficient (Wildman–Crippen LogP) is 2.72. The van der Waals surface area contributed by atoms with Crippen molar-refractivity contribution in [2.24, 2.45) is 7.05 Å². The van der Waals surface area contributed by atoms with E-state index in [4.69, 9.17) is 5.73 Å². The van der Waals surface area contributed by atoms with E-state index in [2.05, 4.69) is 14.7 Å². The predicted molar refractivity (Wildman–Crippen MR) is 115 cm³/mol. The van der Waals surface area contributed by atoms with Crippen LogP contribution in [0.2, 0.25) is 0 Å². The molecule has 30 heavy (non-hydrogen) atoms. The van der Waals surface area contributed by atoms with Gasteiger partial charge in [0.05, 0.1) is 16.7 Å². The van der Waals surface area contributed by atoms with E-state index < -0.39 is 10.0 Å². The van der Waals surface area contributed by atoms with Gasteiger partial charge >= 0.3 is 0 Å². The number of rotatable bonds is 6. The topological polar surface area (TPSA) is 120 Å². The van der Waals surface area contributed by atoms with Crippen molar-refractivity contribution in [3.8, 4) is 0 Å². The Morgan fingerprint density at radius 2 is 1.87 bits per heavy atom. The standard InChI is InChI=1S/C21H19N5O3S/c1-26-11-17(18-20(22)23-13-24-21(18)26)19(27)15-8-5-9-16(10-15)25-30(28,29)12-14-6-3-2-4-7-14/h2-11,13,25H,12H2,1H3,(H2,22,23,24). The number of hydrogen-bond donors (Lipinski definition) is 2. The largest absolute Gasteiger partial charge is 0.383 e. The molecule has 0 saturated carbocycles. The summed E-state index contributed by atoms with van der Waals surface area (Å²) in [5.74, 6) is -0.252. The average molecular weight is 421 g/mol. The third-order valence-corrected chi connectivity index (χ3v) is 5.89. The first-order chi connectivity index (χ1) is 14.3. The Hall–Kier alpha value is -3.72. The molecule has 0 aliphatic carbocycles. The number of hydrogen-bond acceptors (Lipinski definition) is 6. The van der Waals surface area contributed by atoms with Gasteiger partial charge in [-0.15, -0.1) is 0 Å². The van der Waals surface area contributed by atoms with Crippen molar-refractivity contribution < 1.29 is 13.2 Å². The number of nitrogen functional groups attached to an aromatic ring is 1. The highest BCUT2D eigenvalue weighted by Crippen LogP contribution is 2.26. The normalized spacial score (nSPS) is 11.5. The number of nitrogens with two attached hydrogens (primary N) is 1. The summed E-state index contributed by atoms with van der Waals surface area (Å²) < 4.78 is 29.3. The van der Waals surface area contributed by atoms with Crippen molar-refractivity contribution in [1.29, 1.82) is 0 Å². The average Bonchev–Trinajstić information content (AvgIpc) is 3.05. The maximum absolute atomic E-state index is 13.1. The van der Waals surface area contributed by atoms with Gasteiger partial charge in [-0.2, -0.15) is 0 Å². The molecular weight excluding hydrogens is 402 g/mol. The molecule has 0 aliphatic rings. The number of benzene rings is 2. The molecule has 2 aromatic carbocycles. The summed E-state index contributed by atoms with van der Waals surface area (Å²) >= 11 is 0. The second kappa shape index (κ2) is 7.60. The number of carbonyl (C=O) groups is 1. The lowest BCUT2D eigenvalue weighted by molar-refractivity contribution is 0.104. The van der Waals surface area contributed by atoms with E-state index in [0.717, 1.165) is 0 Å². The first-order valence-corrected chi connectivity index (χ1v) is 10.7. The molecule has 8 nitrogen and oxygen atoms in total. The van der Waals surface area contributed by atoms with Crippen LogP contribution in [0.3, 0.4) is 0 Å². The molecule has 4 rings (SSSR count). The number of nitrogens with one attached hydrogen (secondary N) is 1. The molecule has 0 aliphatic heterocycles. The molecule has 0 atom stereocenters. The van der Waals surface area contributed by atoms with Gasteiger partial charge in [-0.3, -0.25) is 9.52 Å². The maximum atomic E-state index is 13.1. The molecule has 0 fully saturated rings. The summed E-state index contributed by atoms with van der Waals surface area (Å²) in [4.78, 5) is 21.3. The molecule has 9 heteroatoms. The third kappa shape index (κ3) is 3.87. The molecule has 152 valence electrons. The van der Waals surface area contributed by atoms with Crippen LogP contribution in [0.15, 0.2) is 67.1 Å². The molecule has 0 bridgehead atoms. The lowest BCUT2D eigenvalue weighted by atomic mass is 10.0. The number of aryl methyl sites for hydroxylation is 1. The number of carbonyl (C=O) groups excluding carboxylic acids is 1. The number of sulfonamides is 1. The Morgan fingerprint density at radius 1 is 1.10 bits per heavy atom. The van der Waals surface area contributed by atoms with Crippen molar-refractivity contribution >= 4 is 38.3 Å². The Labute approximate surface area is 173 Å². The van der Waals surface area contributed by atoms with Gasteiger partial charge in [0.2, 0.25) is 10.0 Å². The van der Waals surface area contributed by atoms with Gasteiger partial charge in [-0.25, -0.2) is 18.4 Å².